The average Bonchev–Trinajstić information content (AvgIpc) is 2.30. The van der Waals surface area contributed by atoms with Crippen LogP contribution in [0.4, 0.5) is 5.69 Å². The molecule has 17 heavy (non-hydrogen) atoms. The summed E-state index contributed by atoms with van der Waals surface area (Å²) in [6, 6.07) is 4.88. The van der Waals surface area contributed by atoms with Crippen molar-refractivity contribution in [2.45, 2.75) is 18.9 Å². The zero-order valence-electron chi connectivity index (χ0n) is 9.27. The van der Waals surface area contributed by atoms with Crippen molar-refractivity contribution in [1.82, 2.24) is 0 Å². The highest BCUT2D eigenvalue weighted by Crippen LogP contribution is 2.27. The molecule has 1 aliphatic rings. The van der Waals surface area contributed by atoms with Crippen molar-refractivity contribution in [1.29, 1.82) is 0 Å². The third-order valence-corrected chi connectivity index (χ3v) is 3.23. The van der Waals surface area contributed by atoms with Gasteiger partial charge in [0, 0.05) is 18.1 Å². The minimum atomic E-state index is -0.978. The summed E-state index contributed by atoms with van der Waals surface area (Å²) in [6.07, 6.45) is 1.07. The Hall–Kier alpha value is -1.26. The highest BCUT2D eigenvalue weighted by molar-refractivity contribution is 6.31. The molecule has 0 unspecified atom stereocenters. The molecule has 5 heteroatoms. The molecule has 1 aromatic carbocycles. The van der Waals surface area contributed by atoms with Crippen molar-refractivity contribution < 1.29 is 15.0 Å². The van der Waals surface area contributed by atoms with Crippen LogP contribution in [-0.4, -0.2) is 35.4 Å². The number of hydrogen-bond donors (Lipinski definition) is 2. The van der Waals surface area contributed by atoms with Gasteiger partial charge in [0.25, 0.3) is 0 Å². The summed E-state index contributed by atoms with van der Waals surface area (Å²) >= 11 is 5.80. The van der Waals surface area contributed by atoms with Crippen molar-refractivity contribution in [3.8, 4) is 0 Å². The first-order chi connectivity index (χ1) is 8.08. The molecular weight excluding hydrogens is 242 g/mol. The monoisotopic (exact) mass is 255 g/mol. The van der Waals surface area contributed by atoms with Crippen molar-refractivity contribution >= 4 is 23.3 Å². The topological polar surface area (TPSA) is 60.8 Å². The standard InChI is InChI=1S/C12H14ClNO3/c13-8-1-2-11(10(7-8)12(16)17)14-5-3-9(15)4-6-14/h1-2,7,9,15H,3-6H2,(H,16,17). The Morgan fingerprint density at radius 1 is 1.35 bits per heavy atom. The molecule has 2 rings (SSSR count). The van der Waals surface area contributed by atoms with Crippen LogP contribution < -0.4 is 4.90 Å². The van der Waals surface area contributed by atoms with E-state index in [0.717, 1.165) is 0 Å². The van der Waals surface area contributed by atoms with E-state index in [1.165, 1.54) is 6.07 Å². The molecule has 2 N–H and O–H groups in total. The lowest BCUT2D eigenvalue weighted by molar-refractivity contribution is 0.0697. The van der Waals surface area contributed by atoms with E-state index in [1.807, 2.05) is 4.90 Å². The predicted octanol–water partition coefficient (Wildman–Crippen LogP) is 2.00. The third kappa shape index (κ3) is 2.70. The molecule has 0 amide bonds. The summed E-state index contributed by atoms with van der Waals surface area (Å²) in [6.45, 7) is 1.34. The molecule has 0 radical (unpaired) electrons. The Balaban J connectivity index is 2.28. The Morgan fingerprint density at radius 2 is 2.00 bits per heavy atom. The lowest BCUT2D eigenvalue weighted by Crippen LogP contribution is -2.36. The first kappa shape index (κ1) is 12.2. The predicted molar refractivity (Wildman–Crippen MR) is 65.9 cm³/mol. The van der Waals surface area contributed by atoms with Gasteiger partial charge in [0.1, 0.15) is 0 Å². The van der Waals surface area contributed by atoms with Gasteiger partial charge in [-0.05, 0) is 31.0 Å². The third-order valence-electron chi connectivity index (χ3n) is 2.99. The van der Waals surface area contributed by atoms with E-state index in [0.29, 0.717) is 36.6 Å². The number of rotatable bonds is 2. The van der Waals surface area contributed by atoms with Crippen LogP contribution in [0.1, 0.15) is 23.2 Å². The Bertz CT molecular complexity index is 428. The minimum absolute atomic E-state index is 0.217. The molecule has 1 fully saturated rings. The number of anilines is 1. The molecule has 92 valence electrons. The fraction of sp³-hybridized carbons (Fsp3) is 0.417. The lowest BCUT2D eigenvalue weighted by atomic mass is 10.1. The highest BCUT2D eigenvalue weighted by atomic mass is 35.5. The van der Waals surface area contributed by atoms with Crippen molar-refractivity contribution in [2.24, 2.45) is 0 Å². The van der Waals surface area contributed by atoms with Gasteiger partial charge in [0.2, 0.25) is 0 Å². The number of carboxylic acids is 1. The van der Waals surface area contributed by atoms with Crippen LogP contribution in [0.15, 0.2) is 18.2 Å². The molecule has 1 saturated heterocycles. The summed E-state index contributed by atoms with van der Waals surface area (Å²) in [5.41, 5.74) is 0.891. The maximum Gasteiger partial charge on any atom is 0.337 e. The van der Waals surface area contributed by atoms with Gasteiger partial charge in [-0.2, -0.15) is 0 Å². The van der Waals surface area contributed by atoms with Gasteiger partial charge < -0.3 is 15.1 Å². The normalized spacial score (nSPS) is 17.2. The maximum atomic E-state index is 11.1. The van der Waals surface area contributed by atoms with Crippen LogP contribution in [0, 0.1) is 0 Å². The van der Waals surface area contributed by atoms with Gasteiger partial charge >= 0.3 is 5.97 Å². The van der Waals surface area contributed by atoms with E-state index in [4.69, 9.17) is 16.7 Å². The lowest BCUT2D eigenvalue weighted by Gasteiger charge is -2.32. The van der Waals surface area contributed by atoms with E-state index < -0.39 is 5.97 Å². The fourth-order valence-corrected chi connectivity index (χ4v) is 2.23. The summed E-state index contributed by atoms with van der Waals surface area (Å²) in [5, 5.41) is 19.0. The Labute approximate surface area is 104 Å². The number of halogens is 1. The van der Waals surface area contributed by atoms with Gasteiger partial charge in [-0.1, -0.05) is 11.6 Å². The van der Waals surface area contributed by atoms with E-state index >= 15 is 0 Å². The van der Waals surface area contributed by atoms with Crippen LogP contribution in [0.25, 0.3) is 0 Å². The molecule has 1 aromatic rings. The molecule has 0 saturated carbocycles. The number of benzene rings is 1. The smallest absolute Gasteiger partial charge is 0.337 e. The summed E-state index contributed by atoms with van der Waals surface area (Å²) < 4.78 is 0. The molecule has 1 heterocycles. The van der Waals surface area contributed by atoms with Crippen molar-refractivity contribution in [3.05, 3.63) is 28.8 Å². The van der Waals surface area contributed by atoms with Crippen LogP contribution in [-0.2, 0) is 0 Å². The number of piperidine rings is 1. The second-order valence-electron chi connectivity index (χ2n) is 4.18. The quantitative estimate of drug-likeness (QED) is 0.849. The maximum absolute atomic E-state index is 11.1. The number of hydrogen-bond acceptors (Lipinski definition) is 3. The second kappa shape index (κ2) is 4.94. The summed E-state index contributed by atoms with van der Waals surface area (Å²) in [4.78, 5) is 13.1. The molecule has 1 aliphatic heterocycles. The van der Waals surface area contributed by atoms with Crippen LogP contribution in [0.3, 0.4) is 0 Å². The van der Waals surface area contributed by atoms with E-state index in [9.17, 15) is 9.90 Å². The summed E-state index contributed by atoms with van der Waals surface area (Å²) in [5.74, 6) is -0.978. The number of carbonyl (C=O) groups is 1. The Morgan fingerprint density at radius 3 is 2.59 bits per heavy atom. The second-order valence-corrected chi connectivity index (χ2v) is 4.62. The largest absolute Gasteiger partial charge is 0.478 e. The minimum Gasteiger partial charge on any atom is -0.478 e. The molecule has 0 aliphatic carbocycles. The Kier molecular flexibility index (Phi) is 3.54. The number of aromatic carboxylic acids is 1. The number of carboxylic acid groups (broad SMARTS) is 1. The van der Waals surface area contributed by atoms with Crippen LogP contribution in [0.5, 0.6) is 0 Å². The van der Waals surface area contributed by atoms with Crippen molar-refractivity contribution in [2.75, 3.05) is 18.0 Å². The summed E-state index contributed by atoms with van der Waals surface area (Å²) in [7, 11) is 0. The molecule has 0 bridgehead atoms. The molecule has 0 spiro atoms. The van der Waals surface area contributed by atoms with Gasteiger partial charge in [-0.3, -0.25) is 0 Å². The fourth-order valence-electron chi connectivity index (χ4n) is 2.06. The number of aliphatic hydroxyl groups excluding tert-OH is 1. The van der Waals surface area contributed by atoms with Crippen LogP contribution >= 0.6 is 11.6 Å². The first-order valence-electron chi connectivity index (χ1n) is 5.54. The number of nitrogens with zero attached hydrogens (tertiary/aromatic N) is 1. The van der Waals surface area contributed by atoms with Crippen LogP contribution in [0.2, 0.25) is 5.02 Å². The first-order valence-corrected chi connectivity index (χ1v) is 5.91. The molecule has 0 atom stereocenters. The van der Waals surface area contributed by atoms with E-state index in [-0.39, 0.29) is 11.7 Å². The van der Waals surface area contributed by atoms with E-state index in [1.54, 1.807) is 12.1 Å². The highest BCUT2D eigenvalue weighted by Gasteiger charge is 2.21. The van der Waals surface area contributed by atoms with Gasteiger partial charge in [-0.15, -0.1) is 0 Å². The zero-order valence-corrected chi connectivity index (χ0v) is 10.0. The molecular formula is C12H14ClNO3. The van der Waals surface area contributed by atoms with Crippen molar-refractivity contribution in [3.63, 3.8) is 0 Å². The molecule has 0 aromatic heterocycles. The SMILES string of the molecule is O=C(O)c1cc(Cl)ccc1N1CCC(O)CC1. The zero-order chi connectivity index (χ0) is 12.4. The number of aliphatic hydroxyl groups is 1. The van der Waals surface area contributed by atoms with Gasteiger partial charge in [-0.25, -0.2) is 4.79 Å². The van der Waals surface area contributed by atoms with Gasteiger partial charge in [0.05, 0.1) is 17.4 Å². The average molecular weight is 256 g/mol. The molecule has 4 nitrogen and oxygen atoms in total. The van der Waals surface area contributed by atoms with E-state index in [2.05, 4.69) is 0 Å². The van der Waals surface area contributed by atoms with Gasteiger partial charge in [0.15, 0.2) is 0 Å².